The number of aromatic nitrogens is 5. The fraction of sp³-hybridized carbons (Fsp3) is 0.480. The molecule has 0 atom stereocenters. The fourth-order valence-electron chi connectivity index (χ4n) is 4.90. The predicted octanol–water partition coefficient (Wildman–Crippen LogP) is 4.10. The van der Waals surface area contributed by atoms with E-state index in [1.807, 2.05) is 56.7 Å². The number of sulfone groups is 1. The summed E-state index contributed by atoms with van der Waals surface area (Å²) in [6.07, 6.45) is 6.73. The van der Waals surface area contributed by atoms with Crippen molar-refractivity contribution in [2.24, 2.45) is 5.92 Å². The molecule has 0 amide bonds. The van der Waals surface area contributed by atoms with E-state index in [0.29, 0.717) is 38.2 Å². The van der Waals surface area contributed by atoms with Gasteiger partial charge < -0.3 is 9.64 Å². The average Bonchev–Trinajstić information content (AvgIpc) is 3.40. The summed E-state index contributed by atoms with van der Waals surface area (Å²) < 4.78 is 32.8. The molecular weight excluding hydrogens is 464 g/mol. The van der Waals surface area contributed by atoms with Gasteiger partial charge in [0.05, 0.1) is 40.4 Å². The molecule has 5 rings (SSSR count). The van der Waals surface area contributed by atoms with E-state index in [-0.39, 0.29) is 11.7 Å². The van der Waals surface area contributed by atoms with Crippen LogP contribution in [0.15, 0.2) is 36.8 Å². The highest BCUT2D eigenvalue weighted by atomic mass is 32.2. The van der Waals surface area contributed by atoms with Crippen molar-refractivity contribution < 1.29 is 13.2 Å². The molecule has 0 radical (unpaired) electrons. The third-order valence-corrected chi connectivity index (χ3v) is 9.94. The lowest BCUT2D eigenvalue weighted by molar-refractivity contribution is 0.338. The Labute approximate surface area is 205 Å². The molecule has 0 aliphatic carbocycles. The van der Waals surface area contributed by atoms with Crippen LogP contribution < -0.4 is 9.64 Å². The summed E-state index contributed by atoms with van der Waals surface area (Å²) in [4.78, 5) is 6.93. The quantitative estimate of drug-likeness (QED) is 0.411. The number of pyridine rings is 2. The van der Waals surface area contributed by atoms with E-state index in [1.54, 1.807) is 6.20 Å². The molecule has 9 nitrogen and oxygen atoms in total. The number of piperidine rings is 1. The van der Waals surface area contributed by atoms with Gasteiger partial charge in [-0.05, 0) is 50.8 Å². The van der Waals surface area contributed by atoms with Crippen molar-refractivity contribution in [1.82, 2.24) is 24.8 Å². The normalized spacial score (nSPS) is 16.4. The smallest absolute Gasteiger partial charge is 0.178 e. The van der Waals surface area contributed by atoms with Gasteiger partial charge in [0, 0.05) is 30.4 Å². The molecule has 10 heteroatoms. The Morgan fingerprint density at radius 3 is 2.63 bits per heavy atom. The second-order valence-electron chi connectivity index (χ2n) is 9.97. The van der Waals surface area contributed by atoms with E-state index in [4.69, 9.17) is 9.72 Å². The van der Waals surface area contributed by atoms with Crippen LogP contribution in [0.1, 0.15) is 40.5 Å². The van der Waals surface area contributed by atoms with Crippen LogP contribution in [0.4, 0.5) is 5.82 Å². The summed E-state index contributed by atoms with van der Waals surface area (Å²) in [5, 5.41) is 12.6. The zero-order valence-corrected chi connectivity index (χ0v) is 21.5. The van der Waals surface area contributed by atoms with Gasteiger partial charge in [0.2, 0.25) is 0 Å². The number of anilines is 1. The van der Waals surface area contributed by atoms with Crippen molar-refractivity contribution in [2.75, 3.05) is 30.3 Å². The van der Waals surface area contributed by atoms with Crippen LogP contribution in [0.3, 0.4) is 0 Å². The van der Waals surface area contributed by atoms with E-state index in [1.165, 1.54) is 0 Å². The Hall–Kier alpha value is -3.14. The van der Waals surface area contributed by atoms with Crippen molar-refractivity contribution in [2.45, 2.75) is 45.3 Å². The maximum Gasteiger partial charge on any atom is 0.178 e. The Bertz CT molecular complexity index is 1450. The fourth-order valence-corrected chi connectivity index (χ4v) is 6.98. The molecule has 0 bridgehead atoms. The lowest BCUT2D eigenvalue weighted by Crippen LogP contribution is -2.48. The first-order valence-corrected chi connectivity index (χ1v) is 13.8. The van der Waals surface area contributed by atoms with Gasteiger partial charge in [-0.15, -0.1) is 5.10 Å². The summed E-state index contributed by atoms with van der Waals surface area (Å²) >= 11 is 0. The molecule has 35 heavy (non-hydrogen) atoms. The minimum Gasteiger partial charge on any atom is -0.492 e. The maximum absolute atomic E-state index is 12.9. The van der Waals surface area contributed by atoms with Crippen molar-refractivity contribution >= 4 is 32.2 Å². The van der Waals surface area contributed by atoms with Crippen LogP contribution >= 0.6 is 0 Å². The van der Waals surface area contributed by atoms with Crippen LogP contribution in [0.25, 0.3) is 27.7 Å². The Morgan fingerprint density at radius 1 is 1.20 bits per heavy atom. The number of nitrogens with zero attached hydrogens (tertiary/aromatic N) is 5. The molecule has 1 aliphatic heterocycles. The maximum atomic E-state index is 12.9. The molecule has 186 valence electrons. The molecule has 0 aromatic carbocycles. The van der Waals surface area contributed by atoms with Gasteiger partial charge in [0.25, 0.3) is 0 Å². The molecule has 0 unspecified atom stereocenters. The van der Waals surface area contributed by atoms with Crippen molar-refractivity contribution in [1.29, 1.82) is 0 Å². The third kappa shape index (κ3) is 4.24. The topological polar surface area (TPSA) is 105 Å². The Morgan fingerprint density at radius 2 is 1.97 bits per heavy atom. The van der Waals surface area contributed by atoms with Gasteiger partial charge in [0.15, 0.2) is 15.5 Å². The van der Waals surface area contributed by atoms with Crippen LogP contribution in [0, 0.1) is 5.92 Å². The zero-order valence-electron chi connectivity index (χ0n) is 20.7. The SMILES string of the molecule is CCOc1cc(-c2ccc(N3CCC(C)(S(=O)(=O)CC(C)C)CC3)nc2)c2c3cn[nH]c3nn2c1. The standard InChI is InChI=1S/C25H32N6O3S/c1-5-34-19-12-20(23-21-14-27-28-24(21)29-31(23)15-19)18-6-7-22(26-13-18)30-10-8-25(4,9-11-30)35(32,33)16-17(2)3/h6-7,12-15,17H,5,8-11,16H2,1-4H3,(H,28,29). The van der Waals surface area contributed by atoms with Gasteiger partial charge in [-0.25, -0.2) is 17.9 Å². The summed E-state index contributed by atoms with van der Waals surface area (Å²) in [7, 11) is -3.14. The summed E-state index contributed by atoms with van der Waals surface area (Å²) in [5.74, 6) is 1.96. The molecule has 1 N–H and O–H groups in total. The summed E-state index contributed by atoms with van der Waals surface area (Å²) in [6.45, 7) is 9.67. The first-order valence-electron chi connectivity index (χ1n) is 12.1. The minimum atomic E-state index is -3.14. The van der Waals surface area contributed by atoms with Crippen LogP contribution in [0.2, 0.25) is 0 Å². The molecule has 5 heterocycles. The number of rotatable bonds is 7. The van der Waals surface area contributed by atoms with Gasteiger partial charge in [0.1, 0.15) is 11.6 Å². The Kier molecular flexibility index (Phi) is 5.94. The highest BCUT2D eigenvalue weighted by molar-refractivity contribution is 7.92. The van der Waals surface area contributed by atoms with Crippen LogP contribution in [-0.4, -0.2) is 63.4 Å². The predicted molar refractivity (Wildman–Crippen MR) is 138 cm³/mol. The van der Waals surface area contributed by atoms with Crippen molar-refractivity contribution in [3.63, 3.8) is 0 Å². The van der Waals surface area contributed by atoms with E-state index in [9.17, 15) is 8.42 Å². The first-order chi connectivity index (χ1) is 16.7. The lowest BCUT2D eigenvalue weighted by Gasteiger charge is -2.39. The van der Waals surface area contributed by atoms with Crippen molar-refractivity contribution in [3.05, 3.63) is 36.8 Å². The van der Waals surface area contributed by atoms with E-state index in [0.717, 1.165) is 33.6 Å². The molecule has 4 aromatic rings. The second-order valence-corrected chi connectivity index (χ2v) is 12.5. The third-order valence-electron chi connectivity index (χ3n) is 6.92. The molecular formula is C25H32N6O3S. The molecule has 0 saturated carbocycles. The highest BCUT2D eigenvalue weighted by Gasteiger charge is 2.42. The average molecular weight is 497 g/mol. The second kappa shape index (κ2) is 8.82. The van der Waals surface area contributed by atoms with Gasteiger partial charge >= 0.3 is 0 Å². The molecule has 1 fully saturated rings. The summed E-state index contributed by atoms with van der Waals surface area (Å²) in [5.41, 5.74) is 3.57. The molecule has 1 aliphatic rings. The van der Waals surface area contributed by atoms with Gasteiger partial charge in [-0.2, -0.15) is 5.10 Å². The summed E-state index contributed by atoms with van der Waals surface area (Å²) in [6, 6.07) is 6.07. The largest absolute Gasteiger partial charge is 0.492 e. The van der Waals surface area contributed by atoms with E-state index < -0.39 is 14.6 Å². The lowest BCUT2D eigenvalue weighted by atomic mass is 9.98. The zero-order chi connectivity index (χ0) is 24.8. The number of hydrogen-bond acceptors (Lipinski definition) is 7. The van der Waals surface area contributed by atoms with Crippen LogP contribution in [0.5, 0.6) is 5.75 Å². The minimum absolute atomic E-state index is 0.135. The highest BCUT2D eigenvalue weighted by Crippen LogP contribution is 2.35. The molecule has 4 aromatic heterocycles. The molecule has 1 saturated heterocycles. The number of fused-ring (bicyclic) bond motifs is 3. The molecule has 0 spiro atoms. The van der Waals surface area contributed by atoms with Crippen molar-refractivity contribution in [3.8, 4) is 16.9 Å². The van der Waals surface area contributed by atoms with Gasteiger partial charge in [-0.3, -0.25) is 5.10 Å². The Balaban J connectivity index is 1.41. The first kappa shape index (κ1) is 23.6. The number of nitrogens with one attached hydrogen (secondary N) is 1. The number of H-pyrrole nitrogens is 1. The van der Waals surface area contributed by atoms with Gasteiger partial charge in [-0.1, -0.05) is 13.8 Å². The number of ether oxygens (including phenoxy) is 1. The monoisotopic (exact) mass is 496 g/mol. The number of hydrogen-bond donors (Lipinski definition) is 1. The number of aromatic amines is 1. The van der Waals surface area contributed by atoms with E-state index in [2.05, 4.69) is 26.3 Å². The van der Waals surface area contributed by atoms with Crippen LogP contribution in [-0.2, 0) is 9.84 Å². The van der Waals surface area contributed by atoms with E-state index >= 15 is 0 Å².